The molecule has 150 valence electrons. The van der Waals surface area contributed by atoms with Gasteiger partial charge in [-0.05, 0) is 30.3 Å². The molecule has 2 N–H and O–H groups in total. The van der Waals surface area contributed by atoms with Crippen molar-refractivity contribution in [3.63, 3.8) is 0 Å². The zero-order valence-corrected chi connectivity index (χ0v) is 16.9. The summed E-state index contributed by atoms with van der Waals surface area (Å²) in [5.74, 6) is -0.524. The average Bonchev–Trinajstić information content (AvgIpc) is 3.03. The van der Waals surface area contributed by atoms with Crippen LogP contribution in [0.2, 0.25) is 5.02 Å². The Balaban J connectivity index is 1.53. The fraction of sp³-hybridized carbons (Fsp3) is 0.158. The first kappa shape index (κ1) is 20.8. The summed E-state index contributed by atoms with van der Waals surface area (Å²) in [6, 6.07) is 13.1. The second-order valence-electron chi connectivity index (χ2n) is 6.01. The van der Waals surface area contributed by atoms with Crippen molar-refractivity contribution in [2.75, 3.05) is 16.4 Å². The molecule has 0 bridgehead atoms. The molecule has 7 nitrogen and oxygen atoms in total. The van der Waals surface area contributed by atoms with Gasteiger partial charge in [-0.3, -0.25) is 9.59 Å². The number of carbonyl (C=O) groups is 2. The van der Waals surface area contributed by atoms with Crippen LogP contribution in [0, 0.1) is 5.82 Å². The fourth-order valence-electron chi connectivity index (χ4n) is 2.40. The van der Waals surface area contributed by atoms with Crippen LogP contribution in [0.1, 0.15) is 5.82 Å². The zero-order valence-electron chi connectivity index (χ0n) is 15.4. The quantitative estimate of drug-likeness (QED) is 0.556. The summed E-state index contributed by atoms with van der Waals surface area (Å²) in [5.41, 5.74) is 1.10. The van der Waals surface area contributed by atoms with Crippen molar-refractivity contribution >= 4 is 46.6 Å². The third-order valence-electron chi connectivity index (χ3n) is 3.84. The maximum Gasteiger partial charge on any atom is 0.234 e. The van der Waals surface area contributed by atoms with Crippen molar-refractivity contribution in [1.29, 1.82) is 0 Å². The molecule has 0 aliphatic heterocycles. The van der Waals surface area contributed by atoms with Gasteiger partial charge in [0.2, 0.25) is 11.8 Å². The number of halogens is 2. The van der Waals surface area contributed by atoms with E-state index in [1.807, 2.05) is 18.2 Å². The number of nitrogens with zero attached hydrogens (tertiary/aromatic N) is 3. The lowest BCUT2D eigenvalue weighted by Crippen LogP contribution is -2.17. The van der Waals surface area contributed by atoms with Crippen LogP contribution in [0.3, 0.4) is 0 Å². The molecule has 0 atom stereocenters. The monoisotopic (exact) mass is 433 g/mol. The Morgan fingerprint density at radius 2 is 1.79 bits per heavy atom. The van der Waals surface area contributed by atoms with Crippen LogP contribution in [-0.4, -0.2) is 32.3 Å². The Kier molecular flexibility index (Phi) is 6.84. The van der Waals surface area contributed by atoms with E-state index in [-0.39, 0.29) is 29.0 Å². The van der Waals surface area contributed by atoms with Crippen LogP contribution in [0.25, 0.3) is 0 Å². The summed E-state index contributed by atoms with van der Waals surface area (Å²) in [7, 11) is 1.73. The van der Waals surface area contributed by atoms with Crippen LogP contribution < -0.4 is 10.6 Å². The molecule has 0 unspecified atom stereocenters. The first-order chi connectivity index (χ1) is 13.9. The number of rotatable bonds is 7. The van der Waals surface area contributed by atoms with E-state index < -0.39 is 5.82 Å². The van der Waals surface area contributed by atoms with Gasteiger partial charge < -0.3 is 15.2 Å². The van der Waals surface area contributed by atoms with Gasteiger partial charge in [-0.15, -0.1) is 10.2 Å². The first-order valence-corrected chi connectivity index (χ1v) is 9.89. The summed E-state index contributed by atoms with van der Waals surface area (Å²) in [4.78, 5) is 24.3. The number of nitrogens with one attached hydrogen (secondary N) is 2. The van der Waals surface area contributed by atoms with E-state index in [9.17, 15) is 14.0 Å². The summed E-state index contributed by atoms with van der Waals surface area (Å²) in [6.45, 7) is 0. The molecule has 1 heterocycles. The smallest absolute Gasteiger partial charge is 0.234 e. The van der Waals surface area contributed by atoms with E-state index in [1.165, 1.54) is 30.0 Å². The van der Waals surface area contributed by atoms with E-state index in [2.05, 4.69) is 20.8 Å². The minimum absolute atomic E-state index is 0.0548. The van der Waals surface area contributed by atoms with Gasteiger partial charge in [-0.2, -0.15) is 0 Å². The predicted molar refractivity (Wildman–Crippen MR) is 111 cm³/mol. The number of anilines is 2. The summed E-state index contributed by atoms with van der Waals surface area (Å²) in [6.07, 6.45) is 0.0548. The second-order valence-corrected chi connectivity index (χ2v) is 7.36. The Morgan fingerprint density at radius 3 is 2.52 bits per heavy atom. The third-order valence-corrected chi connectivity index (χ3v) is 5.15. The molecule has 0 saturated carbocycles. The highest BCUT2D eigenvalue weighted by molar-refractivity contribution is 7.99. The molecule has 0 fully saturated rings. The number of hydrogen-bond acceptors (Lipinski definition) is 5. The van der Waals surface area contributed by atoms with E-state index in [1.54, 1.807) is 23.7 Å². The van der Waals surface area contributed by atoms with Gasteiger partial charge in [0.15, 0.2) is 5.16 Å². The number of para-hydroxylation sites is 1. The maximum absolute atomic E-state index is 13.2. The molecule has 0 saturated heterocycles. The fourth-order valence-corrected chi connectivity index (χ4v) is 3.31. The molecule has 2 amide bonds. The van der Waals surface area contributed by atoms with Crippen LogP contribution in [0.5, 0.6) is 0 Å². The normalized spacial score (nSPS) is 10.6. The summed E-state index contributed by atoms with van der Waals surface area (Å²) < 4.78 is 14.8. The van der Waals surface area contributed by atoms with Crippen LogP contribution in [0.4, 0.5) is 15.8 Å². The standard InChI is InChI=1S/C19H17ClFN5O2S/c1-26-16(10-17(27)22-12-5-3-2-4-6-12)24-25-19(26)29-11-18(28)23-13-7-8-15(21)14(20)9-13/h2-9H,10-11H2,1H3,(H,22,27)(H,23,28). The number of aromatic nitrogens is 3. The van der Waals surface area contributed by atoms with Crippen molar-refractivity contribution in [2.45, 2.75) is 11.6 Å². The minimum atomic E-state index is -0.554. The predicted octanol–water partition coefficient (Wildman–Crippen LogP) is 3.52. The van der Waals surface area contributed by atoms with Crippen molar-refractivity contribution < 1.29 is 14.0 Å². The summed E-state index contributed by atoms with van der Waals surface area (Å²) >= 11 is 6.87. The van der Waals surface area contributed by atoms with Crippen LogP contribution in [-0.2, 0) is 23.1 Å². The lowest BCUT2D eigenvalue weighted by atomic mass is 10.3. The lowest BCUT2D eigenvalue weighted by Gasteiger charge is -2.07. The zero-order chi connectivity index (χ0) is 20.8. The molecule has 0 radical (unpaired) electrons. The van der Waals surface area contributed by atoms with E-state index in [0.717, 1.165) is 0 Å². The Hall–Kier alpha value is -2.91. The number of amides is 2. The molecule has 1 aromatic heterocycles. The lowest BCUT2D eigenvalue weighted by molar-refractivity contribution is -0.116. The van der Waals surface area contributed by atoms with Gasteiger partial charge in [0.25, 0.3) is 0 Å². The number of thioether (sulfide) groups is 1. The molecular weight excluding hydrogens is 417 g/mol. The molecule has 3 aromatic rings. The van der Waals surface area contributed by atoms with Crippen molar-refractivity contribution in [2.24, 2.45) is 7.05 Å². The highest BCUT2D eigenvalue weighted by atomic mass is 35.5. The van der Waals surface area contributed by atoms with Gasteiger partial charge in [0, 0.05) is 18.4 Å². The Bertz CT molecular complexity index is 1030. The highest BCUT2D eigenvalue weighted by Gasteiger charge is 2.15. The van der Waals surface area contributed by atoms with Crippen LogP contribution >= 0.6 is 23.4 Å². The van der Waals surface area contributed by atoms with Gasteiger partial charge in [-0.1, -0.05) is 41.6 Å². The van der Waals surface area contributed by atoms with E-state index in [0.29, 0.717) is 22.4 Å². The topological polar surface area (TPSA) is 88.9 Å². The van der Waals surface area contributed by atoms with E-state index in [4.69, 9.17) is 11.6 Å². The van der Waals surface area contributed by atoms with Crippen LogP contribution in [0.15, 0.2) is 53.7 Å². The van der Waals surface area contributed by atoms with E-state index >= 15 is 0 Å². The second kappa shape index (κ2) is 9.53. The van der Waals surface area contributed by atoms with Crippen molar-refractivity contribution in [3.8, 4) is 0 Å². The number of benzene rings is 2. The first-order valence-electron chi connectivity index (χ1n) is 8.53. The van der Waals surface area contributed by atoms with Gasteiger partial charge in [0.05, 0.1) is 17.2 Å². The molecule has 0 spiro atoms. The van der Waals surface area contributed by atoms with Crippen molar-refractivity contribution in [3.05, 3.63) is 65.2 Å². The SMILES string of the molecule is Cn1c(CC(=O)Nc2ccccc2)nnc1SCC(=O)Nc1ccc(F)c(Cl)c1. The molecular formula is C19H17ClFN5O2S. The van der Waals surface area contributed by atoms with Gasteiger partial charge >= 0.3 is 0 Å². The summed E-state index contributed by atoms with van der Waals surface area (Å²) in [5, 5.41) is 13.9. The Morgan fingerprint density at radius 1 is 1.07 bits per heavy atom. The molecule has 0 aliphatic carbocycles. The maximum atomic E-state index is 13.2. The number of carbonyl (C=O) groups excluding carboxylic acids is 2. The molecule has 10 heteroatoms. The molecule has 29 heavy (non-hydrogen) atoms. The average molecular weight is 434 g/mol. The third kappa shape index (κ3) is 5.78. The van der Waals surface area contributed by atoms with Gasteiger partial charge in [0.1, 0.15) is 11.6 Å². The molecule has 0 aliphatic rings. The van der Waals surface area contributed by atoms with Gasteiger partial charge in [-0.25, -0.2) is 4.39 Å². The highest BCUT2D eigenvalue weighted by Crippen LogP contribution is 2.21. The minimum Gasteiger partial charge on any atom is -0.326 e. The molecule has 2 aromatic carbocycles. The molecule has 3 rings (SSSR count). The van der Waals surface area contributed by atoms with Crippen molar-refractivity contribution in [1.82, 2.24) is 14.8 Å². The largest absolute Gasteiger partial charge is 0.326 e. The number of hydrogen-bond donors (Lipinski definition) is 2. The Labute approximate surface area is 175 Å².